The van der Waals surface area contributed by atoms with E-state index in [2.05, 4.69) is 9.97 Å². The average molecular weight is 534 g/mol. The molecule has 1 fully saturated rings. The fraction of sp³-hybridized carbons (Fsp3) is 0.480. The molecule has 202 valence electrons. The zero-order valence-electron chi connectivity index (χ0n) is 21.7. The molecule has 1 aromatic carbocycles. The van der Waals surface area contributed by atoms with Gasteiger partial charge in [0.15, 0.2) is 0 Å². The molecule has 0 aliphatic carbocycles. The van der Waals surface area contributed by atoms with Crippen LogP contribution in [-0.4, -0.2) is 71.4 Å². The van der Waals surface area contributed by atoms with Gasteiger partial charge in [-0.1, -0.05) is 13.3 Å². The first-order chi connectivity index (χ1) is 17.2. The summed E-state index contributed by atoms with van der Waals surface area (Å²) in [5.41, 5.74) is 0.101. The molecule has 1 unspecified atom stereocenters. The molecule has 2 N–H and O–H groups in total. The number of carboxylic acid groups (broad SMARTS) is 1. The number of likely N-dealkylation sites (N-methyl/N-ethyl adjacent to an activating group) is 1. The molecule has 3 aromatic rings. The number of hydrogen-bond acceptors (Lipinski definition) is 7. The average Bonchev–Trinajstić information content (AvgIpc) is 3.48. The predicted molar refractivity (Wildman–Crippen MR) is 138 cm³/mol. The third kappa shape index (κ3) is 6.50. The van der Waals surface area contributed by atoms with E-state index in [1.54, 1.807) is 59.1 Å². The number of fused-ring (bicyclic) bond motifs is 3. The quantitative estimate of drug-likeness (QED) is 0.509. The predicted octanol–water partition coefficient (Wildman–Crippen LogP) is 2.18. The number of ether oxygens (including phenoxy) is 1. The number of nitrogens with zero attached hydrogens (tertiary/aromatic N) is 2. The van der Waals surface area contributed by atoms with Crippen molar-refractivity contribution in [3.05, 3.63) is 40.8 Å². The van der Waals surface area contributed by atoms with E-state index in [9.17, 15) is 27.9 Å². The molecule has 37 heavy (non-hydrogen) atoms. The number of aromatic amines is 2. The van der Waals surface area contributed by atoms with Crippen LogP contribution in [0.15, 0.2) is 40.2 Å². The molecule has 3 heterocycles. The maximum absolute atomic E-state index is 13.3. The second kappa shape index (κ2) is 10.9. The van der Waals surface area contributed by atoms with Gasteiger partial charge in [0.25, 0.3) is 5.56 Å². The molecular weight excluding hydrogens is 500 g/mol. The lowest BCUT2D eigenvalue weighted by atomic mass is 10.1. The van der Waals surface area contributed by atoms with Crippen LogP contribution in [0.1, 0.15) is 47.0 Å². The van der Waals surface area contributed by atoms with E-state index in [0.29, 0.717) is 41.2 Å². The number of carbonyl (C=O) groups is 2. The number of aromatic nitrogens is 2. The number of H-pyrrole nitrogens is 2. The zero-order chi connectivity index (χ0) is 27.5. The highest BCUT2D eigenvalue weighted by atomic mass is 32.2. The molecule has 0 radical (unpaired) electrons. The normalized spacial score (nSPS) is 16.4. The summed E-state index contributed by atoms with van der Waals surface area (Å²) in [6.07, 6.45) is 2.56. The number of carboxylic acids is 1. The second-order valence-corrected chi connectivity index (χ2v) is 11.9. The third-order valence-electron chi connectivity index (χ3n) is 5.95. The van der Waals surface area contributed by atoms with Crippen LogP contribution in [0, 0.1) is 0 Å². The summed E-state index contributed by atoms with van der Waals surface area (Å²) in [5.74, 6) is -0.961. The molecular formula is C25H33N4O7S-. The van der Waals surface area contributed by atoms with E-state index in [-0.39, 0.29) is 29.5 Å². The zero-order valence-corrected chi connectivity index (χ0v) is 22.5. The number of pyridine rings is 1. The lowest BCUT2D eigenvalue weighted by molar-refractivity contribution is -0.305. The van der Waals surface area contributed by atoms with Gasteiger partial charge >= 0.3 is 6.09 Å². The monoisotopic (exact) mass is 533 g/mol. The summed E-state index contributed by atoms with van der Waals surface area (Å²) in [6, 6.07) is 6.18. The fourth-order valence-electron chi connectivity index (χ4n) is 4.06. The molecule has 1 aliphatic heterocycles. The van der Waals surface area contributed by atoms with Crippen LogP contribution in [-0.2, 0) is 19.6 Å². The van der Waals surface area contributed by atoms with E-state index < -0.39 is 27.7 Å². The van der Waals surface area contributed by atoms with Gasteiger partial charge < -0.3 is 29.5 Å². The first kappa shape index (κ1) is 28.2. The number of rotatable bonds is 5. The molecule has 0 spiro atoms. The highest BCUT2D eigenvalue weighted by Crippen LogP contribution is 2.28. The van der Waals surface area contributed by atoms with Crippen molar-refractivity contribution in [2.75, 3.05) is 20.1 Å². The van der Waals surface area contributed by atoms with Crippen molar-refractivity contribution >= 4 is 43.9 Å². The number of sulfonamides is 1. The Morgan fingerprint density at radius 2 is 1.92 bits per heavy atom. The molecule has 1 amide bonds. The van der Waals surface area contributed by atoms with E-state index >= 15 is 0 Å². The number of carbonyl (C=O) groups excluding carboxylic acids is 2. The molecule has 1 saturated heterocycles. The van der Waals surface area contributed by atoms with Gasteiger partial charge in [0.05, 0.1) is 4.90 Å². The number of benzene rings is 1. The molecule has 0 bridgehead atoms. The SMILES string of the molecule is CCCC(=O)[O-].CN(C(=O)OC(C)(C)C)C1CCN(S(=O)(=O)c2ccc3[nH]c(=O)c4[nH]ccc4c3c2)C1. The van der Waals surface area contributed by atoms with Gasteiger partial charge in [0.2, 0.25) is 10.0 Å². The highest BCUT2D eigenvalue weighted by Gasteiger charge is 2.37. The molecule has 2 aromatic heterocycles. The topological polar surface area (TPSA) is 156 Å². The minimum Gasteiger partial charge on any atom is -0.550 e. The van der Waals surface area contributed by atoms with Gasteiger partial charge in [0, 0.05) is 54.6 Å². The number of aliphatic carboxylic acids is 1. The summed E-state index contributed by atoms with van der Waals surface area (Å²) in [4.78, 5) is 41.2. The minimum atomic E-state index is -3.77. The van der Waals surface area contributed by atoms with Crippen molar-refractivity contribution in [1.29, 1.82) is 0 Å². The summed E-state index contributed by atoms with van der Waals surface area (Å²) in [5, 5.41) is 10.8. The van der Waals surface area contributed by atoms with Crippen molar-refractivity contribution < 1.29 is 27.9 Å². The third-order valence-corrected chi connectivity index (χ3v) is 7.81. The maximum atomic E-state index is 13.3. The van der Waals surface area contributed by atoms with Crippen LogP contribution in [0.25, 0.3) is 21.8 Å². The number of hydrogen-bond donors (Lipinski definition) is 2. The molecule has 0 saturated carbocycles. The standard InChI is InChI=1S/C21H26N4O5S.C4H8O2/c1-21(2,3)30-20(27)24(4)13-8-10-25(12-13)31(28,29)14-5-6-17-16(11-14)15-7-9-22-18(15)19(26)23-17;1-2-3-4(5)6/h5-7,9,11,13,22H,8,10,12H2,1-4H3,(H,23,26);2-3H2,1H3,(H,5,6)/p-1. The Morgan fingerprint density at radius 3 is 2.51 bits per heavy atom. The summed E-state index contributed by atoms with van der Waals surface area (Å²) in [7, 11) is -2.14. The van der Waals surface area contributed by atoms with Gasteiger partial charge in [-0.2, -0.15) is 4.31 Å². The Bertz CT molecular complexity index is 1450. The first-order valence-corrected chi connectivity index (χ1v) is 13.5. The van der Waals surface area contributed by atoms with Crippen LogP contribution < -0.4 is 10.7 Å². The van der Waals surface area contributed by atoms with E-state index in [1.807, 2.05) is 0 Å². The van der Waals surface area contributed by atoms with E-state index in [0.717, 1.165) is 0 Å². The molecule has 4 rings (SSSR count). The Kier molecular flexibility index (Phi) is 8.33. The van der Waals surface area contributed by atoms with Gasteiger partial charge in [-0.05, 0) is 57.9 Å². The summed E-state index contributed by atoms with van der Waals surface area (Å²) >= 11 is 0. The van der Waals surface area contributed by atoms with Gasteiger partial charge in [-0.25, -0.2) is 13.2 Å². The Morgan fingerprint density at radius 1 is 1.22 bits per heavy atom. The molecule has 12 heteroatoms. The Hall–Kier alpha value is -3.38. The van der Waals surface area contributed by atoms with E-state index in [1.165, 1.54) is 15.3 Å². The van der Waals surface area contributed by atoms with E-state index in [4.69, 9.17) is 4.74 Å². The summed E-state index contributed by atoms with van der Waals surface area (Å²) < 4.78 is 33.4. The Labute approximate surface area is 215 Å². The van der Waals surface area contributed by atoms with Crippen LogP contribution in [0.2, 0.25) is 0 Å². The number of nitrogens with one attached hydrogen (secondary N) is 2. The van der Waals surface area contributed by atoms with Gasteiger partial charge in [-0.3, -0.25) is 4.79 Å². The summed E-state index contributed by atoms with van der Waals surface area (Å²) in [6.45, 7) is 7.68. The van der Waals surface area contributed by atoms with Crippen molar-refractivity contribution in [1.82, 2.24) is 19.2 Å². The van der Waals surface area contributed by atoms with Gasteiger partial charge in [-0.15, -0.1) is 0 Å². The largest absolute Gasteiger partial charge is 0.550 e. The van der Waals surface area contributed by atoms with Crippen molar-refractivity contribution in [3.8, 4) is 0 Å². The fourth-order valence-corrected chi connectivity index (χ4v) is 5.58. The molecule has 1 atom stereocenters. The lowest BCUT2D eigenvalue weighted by Crippen LogP contribution is -2.42. The molecule has 11 nitrogen and oxygen atoms in total. The highest BCUT2D eigenvalue weighted by molar-refractivity contribution is 7.89. The smallest absolute Gasteiger partial charge is 0.410 e. The second-order valence-electron chi connectivity index (χ2n) is 9.95. The maximum Gasteiger partial charge on any atom is 0.410 e. The van der Waals surface area contributed by atoms with Crippen LogP contribution in [0.3, 0.4) is 0 Å². The van der Waals surface area contributed by atoms with Gasteiger partial charge in [0.1, 0.15) is 11.1 Å². The van der Waals surface area contributed by atoms with Crippen molar-refractivity contribution in [2.45, 2.75) is 63.5 Å². The van der Waals surface area contributed by atoms with Crippen LogP contribution in [0.4, 0.5) is 4.79 Å². The van der Waals surface area contributed by atoms with Crippen LogP contribution >= 0.6 is 0 Å². The number of amides is 1. The first-order valence-electron chi connectivity index (χ1n) is 12.0. The molecule has 1 aliphatic rings. The Balaban J connectivity index is 0.000000568. The van der Waals surface area contributed by atoms with Crippen molar-refractivity contribution in [3.63, 3.8) is 0 Å². The van der Waals surface area contributed by atoms with Crippen molar-refractivity contribution in [2.24, 2.45) is 0 Å². The van der Waals surface area contributed by atoms with Crippen LogP contribution in [0.5, 0.6) is 0 Å². The minimum absolute atomic E-state index is 0.148. The lowest BCUT2D eigenvalue weighted by Gasteiger charge is -2.28.